The summed E-state index contributed by atoms with van der Waals surface area (Å²) >= 11 is 3.20. The van der Waals surface area contributed by atoms with Crippen LogP contribution in [0.25, 0.3) is 0 Å². The standard InChI is InChI=1S/C19H21NO4S2/c1-23-11-6-10(7-12(24-2)15(11)21)14-13-8-3-4-9(5-8)16(13)25-18-17(14)26-19(22)20-18/h6-9,13-14,16,21H,3-5H2,1-2H3,(H,20,22)/t8-,9+,13+,14-,16-/m0/s1. The second-order valence-corrected chi connectivity index (χ2v) is 9.66. The molecule has 2 aromatic rings. The van der Waals surface area contributed by atoms with E-state index in [1.165, 1.54) is 30.6 Å². The first kappa shape index (κ1) is 16.6. The maximum Gasteiger partial charge on any atom is 0.305 e. The lowest BCUT2D eigenvalue weighted by atomic mass is 9.75. The van der Waals surface area contributed by atoms with Gasteiger partial charge >= 0.3 is 4.87 Å². The van der Waals surface area contributed by atoms with Crippen molar-refractivity contribution in [2.75, 3.05) is 14.2 Å². The van der Waals surface area contributed by atoms with Crippen molar-refractivity contribution in [3.8, 4) is 17.2 Å². The van der Waals surface area contributed by atoms with Gasteiger partial charge < -0.3 is 19.6 Å². The quantitative estimate of drug-likeness (QED) is 0.832. The molecular formula is C19H21NO4S2. The second-order valence-electron chi connectivity index (χ2n) is 7.45. The number of phenols is 1. The number of thiazole rings is 1. The summed E-state index contributed by atoms with van der Waals surface area (Å²) in [6.07, 6.45) is 3.88. The molecule has 3 aliphatic rings. The van der Waals surface area contributed by atoms with Gasteiger partial charge in [-0.3, -0.25) is 4.79 Å². The van der Waals surface area contributed by atoms with Crippen molar-refractivity contribution in [3.63, 3.8) is 0 Å². The molecule has 2 heterocycles. The van der Waals surface area contributed by atoms with Gasteiger partial charge in [0.25, 0.3) is 0 Å². The maximum atomic E-state index is 12.1. The number of benzene rings is 1. The molecule has 0 amide bonds. The topological polar surface area (TPSA) is 71.6 Å². The van der Waals surface area contributed by atoms with Gasteiger partial charge in [0.05, 0.1) is 19.2 Å². The number of rotatable bonds is 3. The van der Waals surface area contributed by atoms with Gasteiger partial charge in [-0.2, -0.15) is 0 Å². The first-order valence-electron chi connectivity index (χ1n) is 8.95. The molecule has 1 aromatic heterocycles. The third-order valence-corrected chi connectivity index (χ3v) is 8.95. The minimum Gasteiger partial charge on any atom is -0.502 e. The van der Waals surface area contributed by atoms with E-state index in [1.807, 2.05) is 23.9 Å². The van der Waals surface area contributed by atoms with Crippen LogP contribution in [0.1, 0.15) is 35.6 Å². The number of aromatic nitrogens is 1. The largest absolute Gasteiger partial charge is 0.502 e. The fourth-order valence-electron chi connectivity index (χ4n) is 5.32. The highest BCUT2D eigenvalue weighted by molar-refractivity contribution is 8.00. The Hall–Kier alpha value is -1.60. The van der Waals surface area contributed by atoms with E-state index in [0.717, 1.165) is 21.4 Å². The highest BCUT2D eigenvalue weighted by Gasteiger charge is 2.54. The van der Waals surface area contributed by atoms with Crippen LogP contribution < -0.4 is 14.3 Å². The highest BCUT2D eigenvalue weighted by atomic mass is 32.2. The minimum absolute atomic E-state index is 0.0116. The van der Waals surface area contributed by atoms with Gasteiger partial charge in [0, 0.05) is 16.0 Å². The van der Waals surface area contributed by atoms with Gasteiger partial charge in [0.2, 0.25) is 5.75 Å². The Balaban J connectivity index is 1.70. The number of phenolic OH excluding ortho intramolecular Hbond substituents is 1. The SMILES string of the molecule is COc1cc([C@@H]2c3sc(=O)[nH]c3S[C@H]3[C@@H]4CC[C@@H](C4)[C@H]23)cc(OC)c1O. The van der Waals surface area contributed by atoms with E-state index in [2.05, 4.69) is 4.98 Å². The van der Waals surface area contributed by atoms with Crippen molar-refractivity contribution >= 4 is 23.1 Å². The third-order valence-electron chi connectivity index (χ3n) is 6.33. The number of nitrogens with one attached hydrogen (secondary N) is 1. The Morgan fingerprint density at radius 2 is 1.85 bits per heavy atom. The van der Waals surface area contributed by atoms with Crippen LogP contribution >= 0.6 is 23.1 Å². The summed E-state index contributed by atoms with van der Waals surface area (Å²) < 4.78 is 10.8. The molecule has 5 rings (SSSR count). The summed E-state index contributed by atoms with van der Waals surface area (Å²) in [4.78, 5) is 16.3. The molecule has 5 atom stereocenters. The summed E-state index contributed by atoms with van der Waals surface area (Å²) in [6.45, 7) is 0. The lowest BCUT2D eigenvalue weighted by Gasteiger charge is -2.40. The fourth-order valence-corrected chi connectivity index (χ4v) is 8.21. The van der Waals surface area contributed by atoms with Crippen LogP contribution in [0, 0.1) is 17.8 Å². The number of thioether (sulfide) groups is 1. The van der Waals surface area contributed by atoms with Crippen molar-refractivity contribution in [2.24, 2.45) is 17.8 Å². The lowest BCUT2D eigenvalue weighted by Crippen LogP contribution is -2.33. The number of hydrogen-bond donors (Lipinski definition) is 2. The van der Waals surface area contributed by atoms with Gasteiger partial charge in [0.15, 0.2) is 11.5 Å². The van der Waals surface area contributed by atoms with Gasteiger partial charge in [-0.05, 0) is 54.7 Å². The average molecular weight is 392 g/mol. The van der Waals surface area contributed by atoms with E-state index in [9.17, 15) is 9.90 Å². The number of aromatic hydroxyl groups is 1. The van der Waals surface area contributed by atoms with Crippen molar-refractivity contribution in [1.82, 2.24) is 4.98 Å². The number of aromatic amines is 1. The normalized spacial score (nSPS) is 31.5. The second kappa shape index (κ2) is 5.96. The molecule has 138 valence electrons. The van der Waals surface area contributed by atoms with Crippen molar-refractivity contribution in [2.45, 2.75) is 35.5 Å². The monoisotopic (exact) mass is 391 g/mol. The Morgan fingerprint density at radius 1 is 1.15 bits per heavy atom. The number of ether oxygens (including phenoxy) is 2. The van der Waals surface area contributed by atoms with Gasteiger partial charge in [-0.1, -0.05) is 11.3 Å². The highest BCUT2D eigenvalue weighted by Crippen LogP contribution is 2.64. The maximum absolute atomic E-state index is 12.1. The zero-order valence-corrected chi connectivity index (χ0v) is 16.3. The summed E-state index contributed by atoms with van der Waals surface area (Å²) in [7, 11) is 3.10. The molecule has 2 N–H and O–H groups in total. The number of methoxy groups -OCH3 is 2. The Bertz CT molecular complexity index is 895. The van der Waals surface area contributed by atoms with Crippen LogP contribution in [-0.2, 0) is 0 Å². The molecule has 7 heteroatoms. The van der Waals surface area contributed by atoms with Crippen LogP contribution in [0.15, 0.2) is 22.0 Å². The average Bonchev–Trinajstić information content (AvgIpc) is 3.33. The van der Waals surface area contributed by atoms with Gasteiger partial charge in [-0.15, -0.1) is 11.8 Å². The molecule has 5 nitrogen and oxygen atoms in total. The third kappa shape index (κ3) is 2.26. The minimum atomic E-state index is 0.0116. The zero-order valence-electron chi connectivity index (χ0n) is 14.7. The molecule has 2 saturated carbocycles. The molecule has 1 aliphatic heterocycles. The smallest absolute Gasteiger partial charge is 0.305 e. The van der Waals surface area contributed by atoms with Gasteiger partial charge in [0.1, 0.15) is 0 Å². The predicted molar refractivity (Wildman–Crippen MR) is 102 cm³/mol. The lowest BCUT2D eigenvalue weighted by molar-refractivity contribution is 0.304. The van der Waals surface area contributed by atoms with E-state index in [0.29, 0.717) is 28.6 Å². The van der Waals surface area contributed by atoms with E-state index in [1.54, 1.807) is 14.2 Å². The molecule has 0 saturated heterocycles. The summed E-state index contributed by atoms with van der Waals surface area (Å²) in [5.74, 6) is 2.99. The number of fused-ring (bicyclic) bond motifs is 6. The van der Waals surface area contributed by atoms with Crippen LogP contribution in [0.4, 0.5) is 0 Å². The number of hydrogen-bond acceptors (Lipinski definition) is 6. The Kier molecular flexibility index (Phi) is 3.79. The summed E-state index contributed by atoms with van der Waals surface area (Å²) in [5, 5.41) is 11.9. The van der Waals surface area contributed by atoms with E-state index >= 15 is 0 Å². The van der Waals surface area contributed by atoms with Crippen molar-refractivity contribution in [3.05, 3.63) is 32.2 Å². The first-order valence-corrected chi connectivity index (χ1v) is 10.6. The van der Waals surface area contributed by atoms with Crippen LogP contribution in [0.5, 0.6) is 17.2 Å². The molecule has 26 heavy (non-hydrogen) atoms. The Morgan fingerprint density at radius 3 is 2.54 bits per heavy atom. The summed E-state index contributed by atoms with van der Waals surface area (Å²) in [5.41, 5.74) is 1.07. The summed E-state index contributed by atoms with van der Waals surface area (Å²) in [6, 6.07) is 3.82. The molecule has 2 fully saturated rings. The number of H-pyrrole nitrogens is 1. The van der Waals surface area contributed by atoms with Gasteiger partial charge in [-0.25, -0.2) is 0 Å². The molecule has 2 bridgehead atoms. The van der Waals surface area contributed by atoms with Crippen LogP contribution in [0.3, 0.4) is 0 Å². The molecule has 2 aliphatic carbocycles. The molecule has 0 spiro atoms. The van der Waals surface area contributed by atoms with E-state index in [-0.39, 0.29) is 16.5 Å². The molecular weight excluding hydrogens is 370 g/mol. The van der Waals surface area contributed by atoms with Crippen molar-refractivity contribution in [1.29, 1.82) is 0 Å². The first-order chi connectivity index (χ1) is 12.6. The van der Waals surface area contributed by atoms with Crippen LogP contribution in [0.2, 0.25) is 0 Å². The zero-order chi connectivity index (χ0) is 18.0. The van der Waals surface area contributed by atoms with E-state index in [4.69, 9.17) is 9.47 Å². The fraction of sp³-hybridized carbons (Fsp3) is 0.526. The van der Waals surface area contributed by atoms with Crippen molar-refractivity contribution < 1.29 is 14.6 Å². The molecule has 1 aromatic carbocycles. The van der Waals surface area contributed by atoms with Crippen LogP contribution in [-0.4, -0.2) is 29.6 Å². The molecule has 0 radical (unpaired) electrons. The Labute approximate surface area is 159 Å². The van der Waals surface area contributed by atoms with E-state index < -0.39 is 0 Å². The molecule has 0 unspecified atom stereocenters. The predicted octanol–water partition coefficient (Wildman–Crippen LogP) is 3.81.